The number of rotatable bonds is 15. The highest BCUT2D eigenvalue weighted by molar-refractivity contribution is 5.91. The molecular formula is C28H39N7O8. The number of nitrogens with one attached hydrogen (secondary N) is 5. The van der Waals surface area contributed by atoms with Crippen LogP contribution in [0.5, 0.6) is 0 Å². The van der Waals surface area contributed by atoms with Gasteiger partial charge in [-0.3, -0.25) is 19.8 Å². The Morgan fingerprint density at radius 2 is 1.86 bits per heavy atom. The lowest BCUT2D eigenvalue weighted by Crippen LogP contribution is -2.55. The van der Waals surface area contributed by atoms with Crippen molar-refractivity contribution < 1.29 is 38.9 Å². The number of carboxylic acids is 1. The van der Waals surface area contributed by atoms with Crippen LogP contribution in [-0.2, 0) is 19.2 Å². The van der Waals surface area contributed by atoms with E-state index in [0.717, 1.165) is 0 Å². The Morgan fingerprint density at radius 1 is 1.16 bits per heavy atom. The number of furan rings is 1. The number of aryl methyl sites for hydroxylation is 1. The van der Waals surface area contributed by atoms with Gasteiger partial charge in [0.05, 0.1) is 12.1 Å². The van der Waals surface area contributed by atoms with Gasteiger partial charge in [-0.2, -0.15) is 0 Å². The van der Waals surface area contributed by atoms with Gasteiger partial charge >= 0.3 is 5.97 Å². The van der Waals surface area contributed by atoms with Crippen molar-refractivity contribution in [2.75, 3.05) is 13.1 Å². The van der Waals surface area contributed by atoms with E-state index in [9.17, 15) is 34.5 Å². The normalized spacial score (nSPS) is 18.2. The zero-order chi connectivity index (χ0) is 31.8. The Labute approximate surface area is 247 Å². The Bertz CT molecular complexity index is 1390. The molecule has 0 radical (unpaired) electrons. The van der Waals surface area contributed by atoms with E-state index in [2.05, 4.69) is 21.3 Å². The molecule has 0 bridgehead atoms. The summed E-state index contributed by atoms with van der Waals surface area (Å²) >= 11 is 0. The molecule has 1 aliphatic rings. The van der Waals surface area contributed by atoms with Crippen LogP contribution < -0.4 is 32.7 Å². The third kappa shape index (κ3) is 8.38. The van der Waals surface area contributed by atoms with Gasteiger partial charge in [-0.15, -0.1) is 0 Å². The first kappa shape index (κ1) is 33.2. The van der Waals surface area contributed by atoms with Crippen LogP contribution in [0.1, 0.15) is 43.6 Å². The van der Waals surface area contributed by atoms with Crippen LogP contribution in [0.4, 0.5) is 0 Å². The fourth-order valence-electron chi connectivity index (χ4n) is 4.73. The summed E-state index contributed by atoms with van der Waals surface area (Å²) < 4.78 is 5.65. The van der Waals surface area contributed by atoms with Crippen LogP contribution in [-0.4, -0.2) is 88.2 Å². The number of fused-ring (bicyclic) bond motifs is 1. The zero-order valence-corrected chi connectivity index (χ0v) is 23.9. The van der Waals surface area contributed by atoms with Gasteiger partial charge in [0.2, 0.25) is 17.7 Å². The Balaban J connectivity index is 1.57. The molecule has 6 atom stereocenters. The minimum atomic E-state index is -1.68. The Kier molecular flexibility index (Phi) is 11.4. The zero-order valence-electron chi connectivity index (χ0n) is 23.9. The second-order valence-corrected chi connectivity index (χ2v) is 10.4. The van der Waals surface area contributed by atoms with Crippen LogP contribution in [0.15, 0.2) is 40.3 Å². The van der Waals surface area contributed by atoms with Gasteiger partial charge in [-0.05, 0) is 38.3 Å². The van der Waals surface area contributed by atoms with E-state index < -0.39 is 60.1 Å². The average Bonchev–Trinajstić information content (AvgIpc) is 3.57. The van der Waals surface area contributed by atoms with Gasteiger partial charge in [0, 0.05) is 30.5 Å². The highest BCUT2D eigenvalue weighted by atomic mass is 16.4. The molecule has 12 N–H and O–H groups in total. The number of benzene rings is 1. The summed E-state index contributed by atoms with van der Waals surface area (Å²) in [6.45, 7) is 3.44. The largest absolute Gasteiger partial charge is 0.480 e. The molecule has 6 unspecified atom stereocenters. The number of hydrogen-bond acceptors (Lipinski definition) is 10. The predicted molar refractivity (Wildman–Crippen MR) is 156 cm³/mol. The molecule has 1 aromatic carbocycles. The number of aliphatic hydroxyl groups is 2. The molecule has 3 amide bonds. The van der Waals surface area contributed by atoms with Crippen molar-refractivity contribution in [2.24, 2.45) is 11.5 Å². The summed E-state index contributed by atoms with van der Waals surface area (Å²) in [5.74, 6) is -3.60. The molecule has 0 spiro atoms. The maximum absolute atomic E-state index is 13.0. The Hall–Kier alpha value is -4.31. The molecule has 0 aliphatic carbocycles. The van der Waals surface area contributed by atoms with Crippen molar-refractivity contribution in [3.63, 3.8) is 0 Å². The number of amidine groups is 1. The van der Waals surface area contributed by atoms with Crippen molar-refractivity contribution in [3.05, 3.63) is 47.2 Å². The van der Waals surface area contributed by atoms with E-state index in [1.807, 2.05) is 0 Å². The van der Waals surface area contributed by atoms with Gasteiger partial charge in [-0.25, -0.2) is 4.79 Å². The number of hydrogen-bond donors (Lipinski definition) is 10. The van der Waals surface area contributed by atoms with Crippen LogP contribution in [0.25, 0.3) is 11.0 Å². The highest BCUT2D eigenvalue weighted by Crippen LogP contribution is 2.31. The van der Waals surface area contributed by atoms with Gasteiger partial charge in [-0.1, -0.05) is 24.3 Å². The van der Waals surface area contributed by atoms with E-state index in [0.29, 0.717) is 28.7 Å². The molecule has 0 fully saturated rings. The number of amides is 3. The summed E-state index contributed by atoms with van der Waals surface area (Å²) in [4.78, 5) is 50.0. The van der Waals surface area contributed by atoms with Crippen LogP contribution in [0, 0.1) is 12.3 Å². The quantitative estimate of drug-likeness (QED) is 0.0494. The first-order valence-electron chi connectivity index (χ1n) is 13.8. The molecule has 1 aliphatic heterocycles. The maximum Gasteiger partial charge on any atom is 0.329 e. The van der Waals surface area contributed by atoms with Crippen LogP contribution in [0.2, 0.25) is 0 Å². The van der Waals surface area contributed by atoms with Gasteiger partial charge < -0.3 is 52.5 Å². The van der Waals surface area contributed by atoms with Crippen molar-refractivity contribution in [1.82, 2.24) is 21.3 Å². The number of aliphatic carboxylic acids is 1. The van der Waals surface area contributed by atoms with Crippen LogP contribution >= 0.6 is 0 Å². The molecule has 1 aromatic heterocycles. The minimum absolute atomic E-state index is 0.00249. The van der Waals surface area contributed by atoms with Crippen molar-refractivity contribution >= 4 is 40.5 Å². The average molecular weight is 602 g/mol. The van der Waals surface area contributed by atoms with E-state index >= 15 is 0 Å². The molecule has 15 heteroatoms. The molecule has 43 heavy (non-hydrogen) atoms. The molecule has 3 rings (SSSR count). The van der Waals surface area contributed by atoms with E-state index in [-0.39, 0.29) is 37.4 Å². The first-order chi connectivity index (χ1) is 20.3. The SMILES string of the molecule is Cc1c(C(O)C(NC(=O)CCCNC(=O)C(CC2=CCNC2C(=N)N)NC(=O)C(N)C(C)O)C(=O)O)oc2ccccc12. The standard InChI is InChI=1S/C28H39N7O8/c1-13-16-6-3-4-7-18(16)43-24(13)23(38)22(28(41)42)35-19(37)8-5-10-33-26(39)17(34-27(40)20(29)14(2)36)12-15-9-11-32-21(15)25(30)31/h3-4,6-7,9,14,17,20-23,32,36,38H,5,8,10-12,29H2,1-2H3,(H3,30,31)(H,33,39)(H,34,40)(H,35,37)(H,41,42). The van der Waals surface area contributed by atoms with Gasteiger partial charge in [0.15, 0.2) is 6.04 Å². The summed E-state index contributed by atoms with van der Waals surface area (Å²) in [6, 6.07) is 2.31. The third-order valence-electron chi connectivity index (χ3n) is 7.19. The summed E-state index contributed by atoms with van der Waals surface area (Å²) in [7, 11) is 0. The molecule has 2 heterocycles. The number of carbonyl (C=O) groups is 4. The fraction of sp³-hybridized carbons (Fsp3) is 0.464. The second-order valence-electron chi connectivity index (χ2n) is 10.4. The van der Waals surface area contributed by atoms with Crippen molar-refractivity contribution in [3.8, 4) is 0 Å². The lowest BCUT2D eigenvalue weighted by Gasteiger charge is -2.24. The molecule has 0 saturated carbocycles. The fourth-order valence-corrected chi connectivity index (χ4v) is 4.73. The smallest absolute Gasteiger partial charge is 0.329 e. The maximum atomic E-state index is 13.0. The van der Waals surface area contributed by atoms with Crippen molar-refractivity contribution in [1.29, 1.82) is 5.41 Å². The summed E-state index contributed by atoms with van der Waals surface area (Å²) in [5.41, 5.74) is 13.0. The number of carbonyl (C=O) groups excluding carboxylic acids is 3. The molecule has 15 nitrogen and oxygen atoms in total. The number of aliphatic hydroxyl groups excluding tert-OH is 2. The lowest BCUT2D eigenvalue weighted by molar-refractivity contribution is -0.145. The molecule has 2 aromatic rings. The first-order valence-corrected chi connectivity index (χ1v) is 13.8. The molecule has 234 valence electrons. The lowest BCUT2D eigenvalue weighted by atomic mass is 9.99. The van der Waals surface area contributed by atoms with E-state index in [1.165, 1.54) is 6.92 Å². The second kappa shape index (κ2) is 14.7. The Morgan fingerprint density at radius 3 is 2.49 bits per heavy atom. The van der Waals surface area contributed by atoms with Gasteiger partial charge in [0.1, 0.15) is 35.4 Å². The monoisotopic (exact) mass is 601 g/mol. The summed E-state index contributed by atoms with van der Waals surface area (Å²) in [6.07, 6.45) is -1.11. The van der Waals surface area contributed by atoms with Crippen molar-refractivity contribution in [2.45, 2.75) is 69.5 Å². The molecule has 0 saturated heterocycles. The topological polar surface area (TPSA) is 266 Å². The van der Waals surface area contributed by atoms with Crippen LogP contribution in [0.3, 0.4) is 0 Å². The number of para-hydroxylation sites is 1. The van der Waals surface area contributed by atoms with E-state index in [4.69, 9.17) is 21.3 Å². The number of carboxylic acid groups (broad SMARTS) is 1. The van der Waals surface area contributed by atoms with Gasteiger partial charge in [0.25, 0.3) is 0 Å². The number of nitrogens with two attached hydrogens (primary N) is 2. The predicted octanol–water partition coefficient (Wildman–Crippen LogP) is -1.34. The highest BCUT2D eigenvalue weighted by Gasteiger charge is 2.34. The molecular weight excluding hydrogens is 562 g/mol. The summed E-state index contributed by atoms with van der Waals surface area (Å²) in [5, 5.41) is 49.0. The third-order valence-corrected chi connectivity index (χ3v) is 7.19. The van der Waals surface area contributed by atoms with E-state index in [1.54, 1.807) is 37.3 Å². The minimum Gasteiger partial charge on any atom is -0.480 e.